The minimum absolute atomic E-state index is 0.0898. The summed E-state index contributed by atoms with van der Waals surface area (Å²) in [5.41, 5.74) is 2.87. The molecule has 0 spiro atoms. The first-order chi connectivity index (χ1) is 9.72. The van der Waals surface area contributed by atoms with Crippen LogP contribution < -0.4 is 0 Å². The lowest BCUT2D eigenvalue weighted by molar-refractivity contribution is -0.129. The van der Waals surface area contributed by atoms with Gasteiger partial charge in [-0.2, -0.15) is 0 Å². The second-order valence-corrected chi connectivity index (χ2v) is 5.56. The Morgan fingerprint density at radius 3 is 3.30 bits per heavy atom. The quantitative estimate of drug-likeness (QED) is 0.629. The van der Waals surface area contributed by atoms with E-state index in [1.54, 1.807) is 12.5 Å². The van der Waals surface area contributed by atoms with Crippen molar-refractivity contribution in [1.82, 2.24) is 20.0 Å². The maximum atomic E-state index is 12.2. The third-order valence-corrected chi connectivity index (χ3v) is 4.00. The molecular weight excluding hydrogens is 276 g/mol. The Bertz CT molecular complexity index is 628. The summed E-state index contributed by atoms with van der Waals surface area (Å²) in [5, 5.41) is 4.56. The van der Waals surface area contributed by atoms with E-state index in [4.69, 9.17) is 4.52 Å². The van der Waals surface area contributed by atoms with Gasteiger partial charge < -0.3 is 9.42 Å². The van der Waals surface area contributed by atoms with Crippen LogP contribution in [0.3, 0.4) is 0 Å². The zero-order chi connectivity index (χ0) is 13.9. The topological polar surface area (TPSA) is 72.1 Å². The van der Waals surface area contributed by atoms with Crippen LogP contribution in [0, 0.1) is 6.92 Å². The normalized spacial score (nSPS) is 14.2. The standard InChI is InChI=1S/C13H14N4O2S/c1-9-2-4-14-13(15-9)20-8-12(18)17-5-3-11-10(6-17)7-19-16-11/h2,4,7H,3,5-6,8H2,1H3. The summed E-state index contributed by atoms with van der Waals surface area (Å²) in [6.45, 7) is 3.17. The molecule has 1 aliphatic rings. The Morgan fingerprint density at radius 2 is 2.45 bits per heavy atom. The number of fused-ring (bicyclic) bond motifs is 1. The molecule has 3 heterocycles. The van der Waals surface area contributed by atoms with Gasteiger partial charge in [0.25, 0.3) is 0 Å². The molecule has 0 bridgehead atoms. The predicted octanol–water partition coefficient (Wildman–Crippen LogP) is 1.45. The van der Waals surface area contributed by atoms with Crippen LogP contribution in [0.2, 0.25) is 0 Å². The molecule has 104 valence electrons. The molecule has 7 heteroatoms. The Balaban J connectivity index is 1.58. The van der Waals surface area contributed by atoms with E-state index >= 15 is 0 Å². The van der Waals surface area contributed by atoms with E-state index in [9.17, 15) is 4.79 Å². The number of thioether (sulfide) groups is 1. The van der Waals surface area contributed by atoms with Crippen molar-refractivity contribution in [2.24, 2.45) is 0 Å². The van der Waals surface area contributed by atoms with Gasteiger partial charge in [-0.25, -0.2) is 9.97 Å². The Labute approximate surface area is 120 Å². The van der Waals surface area contributed by atoms with Gasteiger partial charge >= 0.3 is 0 Å². The highest BCUT2D eigenvalue weighted by Gasteiger charge is 2.23. The molecule has 0 N–H and O–H groups in total. The highest BCUT2D eigenvalue weighted by Crippen LogP contribution is 2.19. The minimum atomic E-state index is 0.0898. The van der Waals surface area contributed by atoms with E-state index < -0.39 is 0 Å². The summed E-state index contributed by atoms with van der Waals surface area (Å²) in [6, 6.07) is 1.84. The first-order valence-corrected chi connectivity index (χ1v) is 7.33. The van der Waals surface area contributed by atoms with Gasteiger partial charge in [0.2, 0.25) is 5.91 Å². The van der Waals surface area contributed by atoms with Gasteiger partial charge in [0, 0.05) is 30.4 Å². The molecule has 0 aromatic carbocycles. The molecule has 2 aromatic rings. The summed E-state index contributed by atoms with van der Waals surface area (Å²) < 4.78 is 4.92. The lowest BCUT2D eigenvalue weighted by atomic mass is 10.1. The van der Waals surface area contributed by atoms with Gasteiger partial charge in [0.1, 0.15) is 6.26 Å². The van der Waals surface area contributed by atoms with Gasteiger partial charge in [-0.3, -0.25) is 4.79 Å². The van der Waals surface area contributed by atoms with Gasteiger partial charge in [-0.15, -0.1) is 0 Å². The maximum Gasteiger partial charge on any atom is 0.233 e. The summed E-state index contributed by atoms with van der Waals surface area (Å²) in [7, 11) is 0. The van der Waals surface area contributed by atoms with Crippen LogP contribution in [0.15, 0.2) is 28.2 Å². The molecule has 0 saturated carbocycles. The highest BCUT2D eigenvalue weighted by molar-refractivity contribution is 7.99. The van der Waals surface area contributed by atoms with Gasteiger partial charge in [-0.1, -0.05) is 16.9 Å². The highest BCUT2D eigenvalue weighted by atomic mass is 32.2. The van der Waals surface area contributed by atoms with E-state index in [0.717, 1.165) is 23.4 Å². The Hall–Kier alpha value is -1.89. The van der Waals surface area contributed by atoms with E-state index in [1.807, 2.05) is 17.9 Å². The first kappa shape index (κ1) is 13.1. The van der Waals surface area contributed by atoms with Crippen molar-refractivity contribution >= 4 is 17.7 Å². The van der Waals surface area contributed by atoms with Crippen molar-refractivity contribution in [2.75, 3.05) is 12.3 Å². The number of amides is 1. The Morgan fingerprint density at radius 1 is 1.55 bits per heavy atom. The average molecular weight is 290 g/mol. The third-order valence-electron chi connectivity index (χ3n) is 3.16. The zero-order valence-electron chi connectivity index (χ0n) is 11.1. The van der Waals surface area contributed by atoms with E-state index in [1.165, 1.54) is 11.8 Å². The monoisotopic (exact) mass is 290 g/mol. The molecule has 0 unspecified atom stereocenters. The van der Waals surface area contributed by atoms with E-state index in [2.05, 4.69) is 15.1 Å². The summed E-state index contributed by atoms with van der Waals surface area (Å²) in [5.74, 6) is 0.441. The summed E-state index contributed by atoms with van der Waals surface area (Å²) in [6.07, 6.45) is 4.08. The van der Waals surface area contributed by atoms with Crippen LogP contribution in [-0.2, 0) is 17.8 Å². The first-order valence-electron chi connectivity index (χ1n) is 6.35. The largest absolute Gasteiger partial charge is 0.364 e. The number of carbonyl (C=O) groups excluding carboxylic acids is 1. The number of nitrogens with zero attached hydrogens (tertiary/aromatic N) is 4. The van der Waals surface area contributed by atoms with Crippen molar-refractivity contribution in [2.45, 2.75) is 25.0 Å². The second-order valence-electron chi connectivity index (χ2n) is 4.62. The zero-order valence-corrected chi connectivity index (χ0v) is 11.9. The predicted molar refractivity (Wildman–Crippen MR) is 73.1 cm³/mol. The molecule has 3 rings (SSSR count). The number of aromatic nitrogens is 3. The van der Waals surface area contributed by atoms with Crippen LogP contribution in [0.5, 0.6) is 0 Å². The number of carbonyl (C=O) groups is 1. The molecule has 0 atom stereocenters. The molecule has 0 fully saturated rings. The Kier molecular flexibility index (Phi) is 3.68. The number of hydrogen-bond donors (Lipinski definition) is 0. The fraction of sp³-hybridized carbons (Fsp3) is 0.385. The smallest absolute Gasteiger partial charge is 0.233 e. The van der Waals surface area contributed by atoms with Crippen LogP contribution in [0.4, 0.5) is 0 Å². The molecule has 0 radical (unpaired) electrons. The SMILES string of the molecule is Cc1ccnc(SCC(=O)N2CCc3nocc3C2)n1. The van der Waals surface area contributed by atoms with Crippen molar-refractivity contribution in [3.8, 4) is 0 Å². The molecule has 0 saturated heterocycles. The van der Waals surface area contributed by atoms with Crippen molar-refractivity contribution in [3.05, 3.63) is 35.5 Å². The second kappa shape index (κ2) is 5.62. The van der Waals surface area contributed by atoms with Crippen LogP contribution >= 0.6 is 11.8 Å². The van der Waals surface area contributed by atoms with E-state index in [0.29, 0.717) is 24.0 Å². The molecule has 20 heavy (non-hydrogen) atoms. The number of hydrogen-bond acceptors (Lipinski definition) is 6. The molecule has 1 amide bonds. The molecule has 0 aliphatic carbocycles. The number of rotatable bonds is 3. The van der Waals surface area contributed by atoms with E-state index in [-0.39, 0.29) is 5.91 Å². The fourth-order valence-corrected chi connectivity index (χ4v) is 2.85. The van der Waals surface area contributed by atoms with Crippen molar-refractivity contribution < 1.29 is 9.32 Å². The van der Waals surface area contributed by atoms with Gasteiger partial charge in [0.05, 0.1) is 18.0 Å². The molecular formula is C13H14N4O2S. The summed E-state index contributed by atoms with van der Waals surface area (Å²) >= 11 is 1.37. The van der Waals surface area contributed by atoms with Gasteiger partial charge in [-0.05, 0) is 13.0 Å². The molecule has 1 aliphatic heterocycles. The third kappa shape index (κ3) is 2.82. The van der Waals surface area contributed by atoms with Crippen molar-refractivity contribution in [3.63, 3.8) is 0 Å². The number of aryl methyl sites for hydroxylation is 1. The minimum Gasteiger partial charge on any atom is -0.364 e. The summed E-state index contributed by atoms with van der Waals surface area (Å²) in [4.78, 5) is 22.4. The van der Waals surface area contributed by atoms with Crippen LogP contribution in [0.25, 0.3) is 0 Å². The molecule has 6 nitrogen and oxygen atoms in total. The van der Waals surface area contributed by atoms with Crippen LogP contribution in [-0.4, -0.2) is 38.2 Å². The maximum absolute atomic E-state index is 12.2. The van der Waals surface area contributed by atoms with Crippen LogP contribution in [0.1, 0.15) is 17.0 Å². The van der Waals surface area contributed by atoms with Crippen molar-refractivity contribution in [1.29, 1.82) is 0 Å². The average Bonchev–Trinajstić information content (AvgIpc) is 2.92. The lowest BCUT2D eigenvalue weighted by Crippen LogP contribution is -2.36. The van der Waals surface area contributed by atoms with Gasteiger partial charge in [0.15, 0.2) is 5.16 Å². The lowest BCUT2D eigenvalue weighted by Gasteiger charge is -2.25. The fourth-order valence-electron chi connectivity index (χ4n) is 2.07. The molecule has 2 aromatic heterocycles.